The van der Waals surface area contributed by atoms with Crippen LogP contribution in [0.15, 0.2) is 36.4 Å². The lowest BCUT2D eigenvalue weighted by atomic mass is 9.94. The molecule has 2 aromatic carbocycles. The van der Waals surface area contributed by atoms with Crippen LogP contribution >= 0.6 is 0 Å². The quantitative estimate of drug-likeness (QED) is 0.788. The van der Waals surface area contributed by atoms with Crippen molar-refractivity contribution in [3.63, 3.8) is 0 Å². The highest BCUT2D eigenvalue weighted by atomic mass is 16.2. The average molecular weight is 242 g/mol. The molecular weight excluding hydrogens is 226 g/mol. The first-order valence-corrected chi connectivity index (χ1v) is 5.97. The van der Waals surface area contributed by atoms with Crippen molar-refractivity contribution < 1.29 is 9.90 Å². The molecule has 1 amide bonds. The molecule has 3 nitrogen and oxygen atoms in total. The van der Waals surface area contributed by atoms with Gasteiger partial charge in [0.1, 0.15) is 0 Å². The Kier molecular flexibility index (Phi) is 3.95. The molecule has 0 saturated carbocycles. The van der Waals surface area contributed by atoms with Crippen LogP contribution in [0.2, 0.25) is 0 Å². The molecule has 3 N–H and O–H groups in total. The molecule has 18 heavy (non-hydrogen) atoms. The number of carbonyl (C=O) groups excluding carboxylic acids is 1. The summed E-state index contributed by atoms with van der Waals surface area (Å²) in [5, 5.41) is 11.0. The van der Waals surface area contributed by atoms with Gasteiger partial charge in [0, 0.05) is 12.2 Å². The Morgan fingerprint density at radius 1 is 1.22 bits per heavy atom. The van der Waals surface area contributed by atoms with Crippen LogP contribution in [0.4, 0.5) is 0 Å². The van der Waals surface area contributed by atoms with E-state index in [0.717, 1.165) is 16.3 Å². The van der Waals surface area contributed by atoms with Gasteiger partial charge in [0.25, 0.3) is 0 Å². The molecule has 93 valence electrons. The zero-order valence-corrected chi connectivity index (χ0v) is 10.1. The molecule has 0 saturated heterocycles. The fourth-order valence-electron chi connectivity index (χ4n) is 2.12. The summed E-state index contributed by atoms with van der Waals surface area (Å²) < 4.78 is 0. The molecule has 2 aromatic rings. The number of hydrogen-bond acceptors (Lipinski definition) is 2. The molecule has 0 aliphatic rings. The number of benzene rings is 2. The van der Waals surface area contributed by atoms with E-state index in [1.54, 1.807) is 6.07 Å². The maximum absolute atomic E-state index is 11.5. The monoisotopic (exact) mass is 242 g/mol. The van der Waals surface area contributed by atoms with Crippen LogP contribution in [-0.4, -0.2) is 17.6 Å². The third-order valence-electron chi connectivity index (χ3n) is 2.99. The Labute approximate surface area is 106 Å². The molecule has 0 aliphatic heterocycles. The molecule has 3 heteroatoms. The SMILES string of the molecule is NC(=O)c1ccc2ccccc2c1C[CH]CCO. The summed E-state index contributed by atoms with van der Waals surface area (Å²) in [5.74, 6) is -0.409. The predicted molar refractivity (Wildman–Crippen MR) is 72.2 cm³/mol. The van der Waals surface area contributed by atoms with Gasteiger partial charge in [0.05, 0.1) is 0 Å². The van der Waals surface area contributed by atoms with Crippen molar-refractivity contribution in [2.75, 3.05) is 6.61 Å². The number of carbonyl (C=O) groups is 1. The van der Waals surface area contributed by atoms with E-state index in [0.29, 0.717) is 18.4 Å². The first kappa shape index (κ1) is 12.6. The van der Waals surface area contributed by atoms with Gasteiger partial charge in [-0.15, -0.1) is 0 Å². The van der Waals surface area contributed by atoms with Gasteiger partial charge in [0.15, 0.2) is 0 Å². The minimum atomic E-state index is -0.409. The number of aliphatic hydroxyl groups is 1. The fourth-order valence-corrected chi connectivity index (χ4v) is 2.12. The molecule has 1 radical (unpaired) electrons. The second-order valence-electron chi connectivity index (χ2n) is 4.18. The third-order valence-corrected chi connectivity index (χ3v) is 2.99. The summed E-state index contributed by atoms with van der Waals surface area (Å²) in [6, 6.07) is 11.6. The summed E-state index contributed by atoms with van der Waals surface area (Å²) in [6.07, 6.45) is 3.22. The van der Waals surface area contributed by atoms with E-state index in [9.17, 15) is 4.79 Å². The first-order valence-electron chi connectivity index (χ1n) is 5.97. The molecule has 0 heterocycles. The van der Waals surface area contributed by atoms with Gasteiger partial charge in [-0.25, -0.2) is 0 Å². The third kappa shape index (κ3) is 2.51. The summed E-state index contributed by atoms with van der Waals surface area (Å²) in [5.41, 5.74) is 6.90. The highest BCUT2D eigenvalue weighted by Crippen LogP contribution is 2.23. The van der Waals surface area contributed by atoms with Crippen molar-refractivity contribution in [3.05, 3.63) is 53.9 Å². The second kappa shape index (κ2) is 5.65. The molecule has 0 bridgehead atoms. The van der Waals surface area contributed by atoms with E-state index in [1.807, 2.05) is 36.8 Å². The lowest BCUT2D eigenvalue weighted by molar-refractivity contribution is 0.0999. The molecule has 2 rings (SSSR count). The summed E-state index contributed by atoms with van der Waals surface area (Å²) in [4.78, 5) is 11.5. The minimum Gasteiger partial charge on any atom is -0.396 e. The van der Waals surface area contributed by atoms with Gasteiger partial charge in [-0.05, 0) is 41.7 Å². The van der Waals surface area contributed by atoms with E-state index in [1.165, 1.54) is 0 Å². The largest absolute Gasteiger partial charge is 0.396 e. The Bertz CT molecular complexity index is 563. The van der Waals surface area contributed by atoms with Crippen molar-refractivity contribution in [2.45, 2.75) is 12.8 Å². The molecule has 0 spiro atoms. The number of hydrogen-bond donors (Lipinski definition) is 2. The fraction of sp³-hybridized carbons (Fsp3) is 0.200. The maximum atomic E-state index is 11.5. The molecular formula is C15H16NO2. The Hall–Kier alpha value is -1.87. The van der Waals surface area contributed by atoms with Gasteiger partial charge in [0.2, 0.25) is 5.91 Å². The van der Waals surface area contributed by atoms with E-state index in [2.05, 4.69) is 0 Å². The predicted octanol–water partition coefficient (Wildman–Crippen LogP) is 2.07. The zero-order chi connectivity index (χ0) is 13.0. The number of primary amides is 1. The number of unbranched alkanes of at least 4 members (excludes halogenated alkanes) is 1. The van der Waals surface area contributed by atoms with Crippen molar-refractivity contribution in [1.29, 1.82) is 0 Å². The van der Waals surface area contributed by atoms with Crippen molar-refractivity contribution in [2.24, 2.45) is 5.73 Å². The van der Waals surface area contributed by atoms with E-state index >= 15 is 0 Å². The molecule has 0 aromatic heterocycles. The molecule has 0 aliphatic carbocycles. The highest BCUT2D eigenvalue weighted by Gasteiger charge is 2.11. The van der Waals surface area contributed by atoms with E-state index in [-0.39, 0.29) is 6.61 Å². The second-order valence-corrected chi connectivity index (χ2v) is 4.18. The van der Waals surface area contributed by atoms with Crippen LogP contribution in [-0.2, 0) is 6.42 Å². The Morgan fingerprint density at radius 3 is 2.72 bits per heavy atom. The molecule has 0 atom stereocenters. The number of fused-ring (bicyclic) bond motifs is 1. The topological polar surface area (TPSA) is 63.3 Å². The van der Waals surface area contributed by atoms with Gasteiger partial charge >= 0.3 is 0 Å². The summed E-state index contributed by atoms with van der Waals surface area (Å²) in [6.45, 7) is 0.122. The van der Waals surface area contributed by atoms with Crippen LogP contribution in [0.3, 0.4) is 0 Å². The Balaban J connectivity index is 2.48. The number of rotatable bonds is 5. The number of nitrogens with two attached hydrogens (primary N) is 1. The van der Waals surface area contributed by atoms with Gasteiger partial charge < -0.3 is 10.8 Å². The van der Waals surface area contributed by atoms with Crippen molar-refractivity contribution >= 4 is 16.7 Å². The molecule has 0 fully saturated rings. The van der Waals surface area contributed by atoms with Crippen LogP contribution in [0, 0.1) is 6.42 Å². The average Bonchev–Trinajstić information content (AvgIpc) is 2.38. The zero-order valence-electron chi connectivity index (χ0n) is 10.1. The van der Waals surface area contributed by atoms with E-state index < -0.39 is 5.91 Å². The standard InChI is InChI=1S/C15H16NO2/c16-15(18)14-9-8-11-5-1-2-6-12(11)13(14)7-3-4-10-17/h1-3,5-6,8-9,17H,4,7,10H2,(H2,16,18). The van der Waals surface area contributed by atoms with Crippen molar-refractivity contribution in [1.82, 2.24) is 0 Å². The first-order chi connectivity index (χ1) is 8.74. The lowest BCUT2D eigenvalue weighted by Gasteiger charge is -2.10. The normalized spacial score (nSPS) is 10.7. The van der Waals surface area contributed by atoms with Crippen molar-refractivity contribution in [3.8, 4) is 0 Å². The maximum Gasteiger partial charge on any atom is 0.248 e. The van der Waals surface area contributed by atoms with Crippen LogP contribution in [0.25, 0.3) is 10.8 Å². The molecule has 0 unspecified atom stereocenters. The number of amides is 1. The lowest BCUT2D eigenvalue weighted by Crippen LogP contribution is -2.14. The minimum absolute atomic E-state index is 0.122. The van der Waals surface area contributed by atoms with E-state index in [4.69, 9.17) is 10.8 Å². The summed E-state index contributed by atoms with van der Waals surface area (Å²) >= 11 is 0. The van der Waals surface area contributed by atoms with Gasteiger partial charge in [-0.1, -0.05) is 30.3 Å². The Morgan fingerprint density at radius 2 is 2.00 bits per heavy atom. The van der Waals surface area contributed by atoms with Crippen LogP contribution in [0.1, 0.15) is 22.3 Å². The smallest absolute Gasteiger partial charge is 0.248 e. The van der Waals surface area contributed by atoms with Gasteiger partial charge in [-0.3, -0.25) is 4.79 Å². The van der Waals surface area contributed by atoms with Crippen LogP contribution in [0.5, 0.6) is 0 Å². The van der Waals surface area contributed by atoms with Gasteiger partial charge in [-0.2, -0.15) is 0 Å². The van der Waals surface area contributed by atoms with Crippen LogP contribution < -0.4 is 5.73 Å². The highest BCUT2D eigenvalue weighted by molar-refractivity contribution is 6.00. The summed E-state index contributed by atoms with van der Waals surface area (Å²) in [7, 11) is 0. The number of aliphatic hydroxyl groups excluding tert-OH is 1.